The summed E-state index contributed by atoms with van der Waals surface area (Å²) in [4.78, 5) is 0. The molecular formula is C14H18ClN3. The van der Waals surface area contributed by atoms with Crippen LogP contribution in [-0.2, 0) is 7.05 Å². The van der Waals surface area contributed by atoms with Crippen molar-refractivity contribution in [3.63, 3.8) is 0 Å². The molecule has 0 fully saturated rings. The highest BCUT2D eigenvalue weighted by molar-refractivity contribution is 6.31. The molecule has 0 saturated heterocycles. The maximum atomic E-state index is 6.34. The van der Waals surface area contributed by atoms with Crippen LogP contribution in [0.5, 0.6) is 0 Å². The number of hydrogen-bond acceptors (Lipinski definition) is 2. The summed E-state index contributed by atoms with van der Waals surface area (Å²) in [6, 6.07) is 6.11. The lowest BCUT2D eigenvalue weighted by Gasteiger charge is -2.12. The number of anilines is 1. The molecule has 1 aromatic carbocycles. The summed E-state index contributed by atoms with van der Waals surface area (Å²) in [5.41, 5.74) is 9.09. The topological polar surface area (TPSA) is 43.8 Å². The van der Waals surface area contributed by atoms with Crippen LogP contribution in [0.15, 0.2) is 24.4 Å². The van der Waals surface area contributed by atoms with E-state index in [1.807, 2.05) is 13.1 Å². The third-order valence-electron chi connectivity index (χ3n) is 3.44. The highest BCUT2D eigenvalue weighted by atomic mass is 35.5. The number of nitrogens with two attached hydrogens (primary N) is 1. The molecular weight excluding hydrogens is 246 g/mol. The van der Waals surface area contributed by atoms with Gasteiger partial charge in [0.25, 0.3) is 0 Å². The lowest BCUT2D eigenvalue weighted by Crippen LogP contribution is -1.98. The molecule has 1 aromatic heterocycles. The molecule has 96 valence electrons. The van der Waals surface area contributed by atoms with Gasteiger partial charge in [0, 0.05) is 17.6 Å². The monoisotopic (exact) mass is 263 g/mol. The number of aryl methyl sites for hydroxylation is 1. The summed E-state index contributed by atoms with van der Waals surface area (Å²) in [5, 5.41) is 4.94. The molecule has 0 saturated carbocycles. The minimum absolute atomic E-state index is 0.470. The summed E-state index contributed by atoms with van der Waals surface area (Å²) in [6.07, 6.45) is 2.85. The molecule has 0 spiro atoms. The molecule has 0 bridgehead atoms. The van der Waals surface area contributed by atoms with Gasteiger partial charge in [0.1, 0.15) is 5.82 Å². The largest absolute Gasteiger partial charge is 0.383 e. The molecule has 0 aliphatic carbocycles. The van der Waals surface area contributed by atoms with E-state index in [0.717, 1.165) is 22.6 Å². The van der Waals surface area contributed by atoms with Crippen LogP contribution in [0.2, 0.25) is 5.02 Å². The third kappa shape index (κ3) is 2.23. The molecule has 1 heterocycles. The van der Waals surface area contributed by atoms with Crippen molar-refractivity contribution in [3.8, 4) is 11.1 Å². The lowest BCUT2D eigenvalue weighted by atomic mass is 9.96. The normalized spacial score (nSPS) is 12.7. The average molecular weight is 264 g/mol. The van der Waals surface area contributed by atoms with Crippen LogP contribution in [-0.4, -0.2) is 9.78 Å². The minimum Gasteiger partial charge on any atom is -0.383 e. The first kappa shape index (κ1) is 13.0. The average Bonchev–Trinajstić information content (AvgIpc) is 2.69. The summed E-state index contributed by atoms with van der Waals surface area (Å²) < 4.78 is 1.66. The van der Waals surface area contributed by atoms with Crippen LogP contribution in [0, 0.1) is 0 Å². The van der Waals surface area contributed by atoms with Gasteiger partial charge >= 0.3 is 0 Å². The molecule has 0 radical (unpaired) electrons. The van der Waals surface area contributed by atoms with Crippen LogP contribution in [0.1, 0.15) is 31.7 Å². The zero-order valence-corrected chi connectivity index (χ0v) is 11.7. The first-order valence-corrected chi connectivity index (χ1v) is 6.49. The van der Waals surface area contributed by atoms with Crippen LogP contribution >= 0.6 is 11.6 Å². The van der Waals surface area contributed by atoms with Gasteiger partial charge in [0.2, 0.25) is 0 Å². The van der Waals surface area contributed by atoms with Gasteiger partial charge in [-0.25, -0.2) is 0 Å². The minimum atomic E-state index is 0.470. The van der Waals surface area contributed by atoms with Crippen molar-refractivity contribution in [1.82, 2.24) is 9.78 Å². The fraction of sp³-hybridized carbons (Fsp3) is 0.357. The summed E-state index contributed by atoms with van der Waals surface area (Å²) >= 11 is 6.34. The second-order valence-corrected chi connectivity index (χ2v) is 5.02. The molecule has 3 nitrogen and oxygen atoms in total. The number of aromatic nitrogens is 2. The highest BCUT2D eigenvalue weighted by Gasteiger charge is 2.12. The summed E-state index contributed by atoms with van der Waals surface area (Å²) in [7, 11) is 1.83. The molecule has 18 heavy (non-hydrogen) atoms. The lowest BCUT2D eigenvalue weighted by molar-refractivity contribution is 0.734. The molecule has 1 unspecified atom stereocenters. The third-order valence-corrected chi connectivity index (χ3v) is 3.77. The first-order valence-electron chi connectivity index (χ1n) is 6.11. The van der Waals surface area contributed by atoms with Crippen LogP contribution in [0.3, 0.4) is 0 Å². The quantitative estimate of drug-likeness (QED) is 0.914. The van der Waals surface area contributed by atoms with Crippen molar-refractivity contribution < 1.29 is 0 Å². The maximum absolute atomic E-state index is 6.34. The fourth-order valence-corrected chi connectivity index (χ4v) is 2.35. The second-order valence-electron chi connectivity index (χ2n) is 4.61. The predicted molar refractivity (Wildman–Crippen MR) is 76.8 cm³/mol. The van der Waals surface area contributed by atoms with Crippen LogP contribution in [0.4, 0.5) is 5.82 Å². The predicted octanol–water partition coefficient (Wildman–Crippen LogP) is 3.84. The maximum Gasteiger partial charge on any atom is 0.129 e. The number of nitrogen functional groups attached to an aromatic ring is 1. The zero-order chi connectivity index (χ0) is 13.3. The van der Waals surface area contributed by atoms with E-state index in [9.17, 15) is 0 Å². The first-order chi connectivity index (χ1) is 8.54. The van der Waals surface area contributed by atoms with Crippen LogP contribution in [0.25, 0.3) is 11.1 Å². The highest BCUT2D eigenvalue weighted by Crippen LogP contribution is 2.32. The van der Waals surface area contributed by atoms with Gasteiger partial charge in [0.15, 0.2) is 0 Å². The van der Waals surface area contributed by atoms with E-state index in [-0.39, 0.29) is 0 Å². The molecule has 2 rings (SSSR count). The Kier molecular flexibility index (Phi) is 3.62. The van der Waals surface area contributed by atoms with Crippen LogP contribution < -0.4 is 5.73 Å². The van der Waals surface area contributed by atoms with Crippen molar-refractivity contribution in [3.05, 3.63) is 35.0 Å². The number of nitrogens with zero attached hydrogens (tertiary/aromatic N) is 2. The van der Waals surface area contributed by atoms with E-state index in [1.54, 1.807) is 10.9 Å². The Morgan fingerprint density at radius 1 is 1.44 bits per heavy atom. The standard InChI is InChI=1S/C14H18ClN3/c1-4-9(2)11-6-5-10(7-13(11)15)12-8-17-18(3)14(12)16/h5-9H,4,16H2,1-3H3. The molecule has 2 N–H and O–H groups in total. The van der Waals surface area contributed by atoms with Crippen molar-refractivity contribution in [2.24, 2.45) is 7.05 Å². The van der Waals surface area contributed by atoms with Gasteiger partial charge in [-0.15, -0.1) is 0 Å². The Bertz CT molecular complexity index is 560. The molecule has 1 atom stereocenters. The van der Waals surface area contributed by atoms with E-state index >= 15 is 0 Å². The summed E-state index contributed by atoms with van der Waals surface area (Å²) in [5.74, 6) is 1.13. The van der Waals surface area contributed by atoms with Crippen molar-refractivity contribution >= 4 is 17.4 Å². The Morgan fingerprint density at radius 2 is 2.17 bits per heavy atom. The second kappa shape index (κ2) is 5.02. The Hall–Kier alpha value is -1.48. The number of hydrogen-bond donors (Lipinski definition) is 1. The van der Waals surface area contributed by atoms with Gasteiger partial charge in [-0.2, -0.15) is 5.10 Å². The van der Waals surface area contributed by atoms with Crippen molar-refractivity contribution in [2.75, 3.05) is 5.73 Å². The van der Waals surface area contributed by atoms with E-state index in [2.05, 4.69) is 31.1 Å². The Balaban J connectivity index is 2.43. The van der Waals surface area contributed by atoms with Gasteiger partial charge in [-0.05, 0) is 29.5 Å². The molecule has 4 heteroatoms. The number of halogens is 1. The van der Waals surface area contributed by atoms with E-state index in [1.165, 1.54) is 5.56 Å². The van der Waals surface area contributed by atoms with Crippen molar-refractivity contribution in [1.29, 1.82) is 0 Å². The fourth-order valence-electron chi connectivity index (χ4n) is 1.98. The van der Waals surface area contributed by atoms with E-state index in [0.29, 0.717) is 11.7 Å². The molecule has 0 aliphatic rings. The number of benzene rings is 1. The van der Waals surface area contributed by atoms with Gasteiger partial charge in [0.05, 0.1) is 6.20 Å². The molecule has 2 aromatic rings. The summed E-state index contributed by atoms with van der Waals surface area (Å²) in [6.45, 7) is 4.34. The van der Waals surface area contributed by atoms with Gasteiger partial charge in [-0.1, -0.05) is 37.6 Å². The van der Waals surface area contributed by atoms with Gasteiger partial charge in [-0.3, -0.25) is 4.68 Å². The van der Waals surface area contributed by atoms with E-state index < -0.39 is 0 Å². The Labute approximate surface area is 113 Å². The van der Waals surface area contributed by atoms with Gasteiger partial charge < -0.3 is 5.73 Å². The molecule has 0 aliphatic heterocycles. The van der Waals surface area contributed by atoms with E-state index in [4.69, 9.17) is 17.3 Å². The molecule has 0 amide bonds. The Morgan fingerprint density at radius 3 is 2.67 bits per heavy atom. The smallest absolute Gasteiger partial charge is 0.129 e. The number of rotatable bonds is 3. The SMILES string of the molecule is CCC(C)c1ccc(-c2cnn(C)c2N)cc1Cl. The van der Waals surface area contributed by atoms with Crippen molar-refractivity contribution in [2.45, 2.75) is 26.2 Å². The zero-order valence-electron chi connectivity index (χ0n) is 10.9.